The van der Waals surface area contributed by atoms with Gasteiger partial charge in [-0.3, -0.25) is 14.5 Å². The van der Waals surface area contributed by atoms with Crippen LogP contribution in [0.1, 0.15) is 50.3 Å². The van der Waals surface area contributed by atoms with Gasteiger partial charge in [-0.1, -0.05) is 41.9 Å². The van der Waals surface area contributed by atoms with Crippen molar-refractivity contribution in [2.45, 2.75) is 52.9 Å². The minimum Gasteiger partial charge on any atom is -0.462 e. The number of carbonyl (C=O) groups excluding carboxylic acids is 3. The second kappa shape index (κ2) is 8.58. The summed E-state index contributed by atoms with van der Waals surface area (Å²) in [5.41, 5.74) is 9.48. The van der Waals surface area contributed by atoms with E-state index in [0.29, 0.717) is 33.4 Å². The minimum absolute atomic E-state index is 0.0311. The van der Waals surface area contributed by atoms with Crippen LogP contribution in [0.15, 0.2) is 63.5 Å². The lowest BCUT2D eigenvalue weighted by Gasteiger charge is -2.47. The lowest BCUT2D eigenvalue weighted by molar-refractivity contribution is -0.140. The first-order valence-corrected chi connectivity index (χ1v) is 13.1. The quantitative estimate of drug-likeness (QED) is 0.500. The molecule has 0 saturated heterocycles. The van der Waals surface area contributed by atoms with Gasteiger partial charge in [0.25, 0.3) is 0 Å². The largest absolute Gasteiger partial charge is 0.462 e. The van der Waals surface area contributed by atoms with Crippen molar-refractivity contribution < 1.29 is 19.1 Å². The van der Waals surface area contributed by atoms with Crippen LogP contribution >= 0.6 is 15.9 Å². The molecule has 3 aliphatic rings. The third kappa shape index (κ3) is 3.64. The van der Waals surface area contributed by atoms with E-state index in [4.69, 9.17) is 10.5 Å². The summed E-state index contributed by atoms with van der Waals surface area (Å²) in [6.45, 7) is 9.79. The normalized spacial score (nSPS) is 22.3. The van der Waals surface area contributed by atoms with Gasteiger partial charge in [-0.25, -0.2) is 4.79 Å². The maximum atomic E-state index is 14.1. The molecular weight excluding hydrogens is 534 g/mol. The van der Waals surface area contributed by atoms with E-state index in [2.05, 4.69) is 21.2 Å². The zero-order valence-corrected chi connectivity index (χ0v) is 23.2. The predicted octanol–water partition coefficient (Wildman–Crippen LogP) is 5.15. The van der Waals surface area contributed by atoms with Crippen LogP contribution in [0, 0.1) is 19.3 Å². The van der Waals surface area contributed by atoms with Crippen LogP contribution in [0.25, 0.3) is 0 Å². The molecule has 1 amide bonds. The molecule has 2 aromatic rings. The highest BCUT2D eigenvalue weighted by atomic mass is 79.9. The van der Waals surface area contributed by atoms with E-state index < -0.39 is 17.3 Å². The fourth-order valence-electron chi connectivity index (χ4n) is 5.95. The highest BCUT2D eigenvalue weighted by Crippen LogP contribution is 2.58. The van der Waals surface area contributed by atoms with Crippen molar-refractivity contribution in [1.82, 2.24) is 0 Å². The van der Waals surface area contributed by atoms with Crippen molar-refractivity contribution in [2.24, 2.45) is 11.1 Å². The minimum atomic E-state index is -1.72. The smallest absolute Gasteiger partial charge is 0.339 e. The van der Waals surface area contributed by atoms with Crippen molar-refractivity contribution in [3.05, 3.63) is 80.2 Å². The molecule has 7 nitrogen and oxygen atoms in total. The number of nitrogens with zero attached hydrogens (tertiary/aromatic N) is 1. The van der Waals surface area contributed by atoms with Crippen LogP contribution in [-0.2, 0) is 24.5 Å². The van der Waals surface area contributed by atoms with Crippen LogP contribution in [0.3, 0.4) is 0 Å². The number of ketones is 1. The van der Waals surface area contributed by atoms with Crippen LogP contribution < -0.4 is 16.0 Å². The van der Waals surface area contributed by atoms with Crippen molar-refractivity contribution >= 4 is 45.0 Å². The van der Waals surface area contributed by atoms with Gasteiger partial charge in [0.1, 0.15) is 16.8 Å². The average Bonchev–Trinajstić information content (AvgIpc) is 3.06. The third-order valence-electron chi connectivity index (χ3n) is 7.43. The molecule has 0 saturated carbocycles. The molecule has 37 heavy (non-hydrogen) atoms. The fraction of sp³-hybridized carbons (Fsp3) is 0.345. The highest BCUT2D eigenvalue weighted by molar-refractivity contribution is 9.10. The van der Waals surface area contributed by atoms with E-state index in [0.717, 1.165) is 16.8 Å². The van der Waals surface area contributed by atoms with Gasteiger partial charge in [-0.15, -0.1) is 0 Å². The Morgan fingerprint density at radius 3 is 2.57 bits per heavy atom. The molecule has 1 aliphatic carbocycles. The molecule has 0 radical (unpaired) electrons. The number of nitrogens with two attached hydrogens (primary N) is 1. The lowest BCUT2D eigenvalue weighted by Crippen LogP contribution is -2.54. The van der Waals surface area contributed by atoms with Crippen molar-refractivity contribution in [3.63, 3.8) is 0 Å². The number of nitrogens with one attached hydrogen (secondary N) is 1. The van der Waals surface area contributed by atoms with Gasteiger partial charge in [-0.2, -0.15) is 0 Å². The molecule has 1 atom stereocenters. The van der Waals surface area contributed by atoms with E-state index >= 15 is 0 Å². The zero-order chi connectivity index (χ0) is 26.9. The van der Waals surface area contributed by atoms with Gasteiger partial charge in [0.05, 0.1) is 12.3 Å². The number of anilines is 2. The summed E-state index contributed by atoms with van der Waals surface area (Å²) in [4.78, 5) is 43.7. The number of halogens is 1. The average molecular weight is 564 g/mol. The number of benzene rings is 2. The van der Waals surface area contributed by atoms with Crippen molar-refractivity contribution in [3.8, 4) is 0 Å². The SMILES string of the molecule is CCOC(=O)C1=C(N)N(c2cc(C)ccc2C)C2=C(C(=O)CC(C)(C)C2)C12C(=O)Nc1ccc(Br)cc12. The molecule has 1 unspecified atom stereocenters. The maximum absolute atomic E-state index is 14.1. The molecule has 3 N–H and O–H groups in total. The number of ether oxygens (including phenoxy) is 1. The predicted molar refractivity (Wildman–Crippen MR) is 146 cm³/mol. The van der Waals surface area contributed by atoms with E-state index in [1.54, 1.807) is 24.0 Å². The topological polar surface area (TPSA) is 102 Å². The molecule has 8 heteroatoms. The molecule has 1 spiro atoms. The van der Waals surface area contributed by atoms with Crippen molar-refractivity contribution in [1.29, 1.82) is 0 Å². The molecule has 2 aromatic carbocycles. The summed E-state index contributed by atoms with van der Waals surface area (Å²) >= 11 is 3.51. The van der Waals surface area contributed by atoms with E-state index in [1.807, 2.05) is 52.0 Å². The summed E-state index contributed by atoms with van der Waals surface area (Å²) in [7, 11) is 0. The summed E-state index contributed by atoms with van der Waals surface area (Å²) in [6, 6.07) is 11.3. The van der Waals surface area contributed by atoms with Crippen LogP contribution in [0.5, 0.6) is 0 Å². The standard InChI is InChI=1S/C29H30BrN3O4/c1-6-37-26(35)24-25(31)33(20-11-15(2)7-8-16(20)3)21-13-28(4,5)14-22(34)23(21)29(24)18-12-17(30)9-10-19(18)32-27(29)36/h7-12H,6,13-14,31H2,1-5H3,(H,32,36). The van der Waals surface area contributed by atoms with Gasteiger partial charge in [0.15, 0.2) is 5.78 Å². The van der Waals surface area contributed by atoms with E-state index in [9.17, 15) is 14.4 Å². The van der Waals surface area contributed by atoms with Gasteiger partial charge < -0.3 is 15.8 Å². The Hall–Kier alpha value is -3.39. The highest BCUT2D eigenvalue weighted by Gasteiger charge is 2.63. The van der Waals surface area contributed by atoms with E-state index in [-0.39, 0.29) is 35.6 Å². The number of aryl methyl sites for hydroxylation is 2. The molecule has 0 bridgehead atoms. The summed E-state index contributed by atoms with van der Waals surface area (Å²) in [6.07, 6.45) is 0.734. The number of amides is 1. The molecule has 5 rings (SSSR count). The molecule has 0 aromatic heterocycles. The number of hydrogen-bond donors (Lipinski definition) is 2. The summed E-state index contributed by atoms with van der Waals surface area (Å²) < 4.78 is 6.21. The van der Waals surface area contributed by atoms with Gasteiger partial charge in [0.2, 0.25) is 5.91 Å². The van der Waals surface area contributed by atoms with E-state index in [1.165, 1.54) is 0 Å². The fourth-order valence-corrected chi connectivity index (χ4v) is 6.31. The number of Topliss-reactive ketones (excluding diaryl/α,β-unsaturated/α-hetero) is 1. The monoisotopic (exact) mass is 563 g/mol. The Kier molecular flexibility index (Phi) is 5.86. The number of allylic oxidation sites excluding steroid dienone is 1. The Morgan fingerprint density at radius 1 is 1.14 bits per heavy atom. The third-order valence-corrected chi connectivity index (χ3v) is 7.92. The van der Waals surface area contributed by atoms with Gasteiger partial charge in [-0.05, 0) is 68.0 Å². The first kappa shape index (κ1) is 25.3. The first-order valence-electron chi connectivity index (χ1n) is 12.4. The second-order valence-corrected chi connectivity index (χ2v) is 11.7. The molecule has 2 heterocycles. The lowest BCUT2D eigenvalue weighted by atomic mass is 9.60. The van der Waals surface area contributed by atoms with Crippen molar-refractivity contribution in [2.75, 3.05) is 16.8 Å². The zero-order valence-electron chi connectivity index (χ0n) is 21.6. The number of rotatable bonds is 3. The van der Waals surface area contributed by atoms with Crippen LogP contribution in [-0.4, -0.2) is 24.3 Å². The molecule has 2 aliphatic heterocycles. The Bertz CT molecular complexity index is 1460. The van der Waals surface area contributed by atoms with Gasteiger partial charge in [0, 0.05) is 33.4 Å². The Labute approximate surface area is 224 Å². The van der Waals surface area contributed by atoms with Gasteiger partial charge >= 0.3 is 5.97 Å². The number of esters is 1. The number of carbonyl (C=O) groups is 3. The number of hydrogen-bond acceptors (Lipinski definition) is 6. The second-order valence-electron chi connectivity index (χ2n) is 10.8. The summed E-state index contributed by atoms with van der Waals surface area (Å²) in [5, 5.41) is 2.92. The molecule has 192 valence electrons. The Morgan fingerprint density at radius 2 is 1.86 bits per heavy atom. The summed E-state index contributed by atoms with van der Waals surface area (Å²) in [5.74, 6) is -1.28. The Balaban J connectivity index is 1.95. The first-order chi connectivity index (χ1) is 17.4. The number of fused-ring (bicyclic) bond motifs is 3. The molecular formula is C29H30BrN3O4. The maximum Gasteiger partial charge on any atom is 0.339 e. The van der Waals surface area contributed by atoms with Crippen LogP contribution in [0.4, 0.5) is 11.4 Å². The van der Waals surface area contributed by atoms with Crippen LogP contribution in [0.2, 0.25) is 0 Å². The molecule has 0 fully saturated rings.